The minimum Gasteiger partial charge on any atom is -0.444 e. The topological polar surface area (TPSA) is 70.2 Å². The first-order valence-electron chi connectivity index (χ1n) is 10.2. The van der Waals surface area contributed by atoms with Gasteiger partial charge in [0.05, 0.1) is 11.4 Å². The molecule has 0 spiro atoms. The number of hydrogen-bond donors (Lipinski definition) is 0. The van der Waals surface area contributed by atoms with Gasteiger partial charge in [0.15, 0.2) is 11.6 Å². The Kier molecular flexibility index (Phi) is 6.64. The summed E-state index contributed by atoms with van der Waals surface area (Å²) in [6.07, 6.45) is 0.476. The first-order valence-corrected chi connectivity index (χ1v) is 11.6. The van der Waals surface area contributed by atoms with Crippen LogP contribution in [0.2, 0.25) is 0 Å². The van der Waals surface area contributed by atoms with Gasteiger partial charge in [0, 0.05) is 20.1 Å². The smallest absolute Gasteiger partial charge is 0.410 e. The number of hydrogen-bond acceptors (Lipinski definition) is 4. The van der Waals surface area contributed by atoms with Crippen molar-refractivity contribution < 1.29 is 26.7 Å². The Bertz CT molecular complexity index is 1080. The molecule has 0 unspecified atom stereocenters. The molecule has 0 atom stereocenters. The molecule has 0 saturated carbocycles. The normalized spacial score (nSPS) is 14.9. The SMILES string of the molecule is CN(CCCCN1c2ccccc2N(c2c(F)cccc2F)S1(=O)=O)C(=O)OC(C)(C)C. The molecule has 0 fully saturated rings. The largest absolute Gasteiger partial charge is 0.444 e. The molecular formula is C22H27F2N3O4S. The van der Waals surface area contributed by atoms with E-state index in [1.807, 2.05) is 0 Å². The van der Waals surface area contributed by atoms with E-state index in [0.29, 0.717) is 29.4 Å². The van der Waals surface area contributed by atoms with Gasteiger partial charge in [-0.2, -0.15) is 8.42 Å². The van der Waals surface area contributed by atoms with Gasteiger partial charge in [0.2, 0.25) is 0 Å². The monoisotopic (exact) mass is 467 g/mol. The second-order valence-corrected chi connectivity index (χ2v) is 10.2. The number of anilines is 3. The Morgan fingerprint density at radius 3 is 2.19 bits per heavy atom. The van der Waals surface area contributed by atoms with E-state index in [1.54, 1.807) is 46.0 Å². The van der Waals surface area contributed by atoms with Crippen molar-refractivity contribution in [2.24, 2.45) is 0 Å². The molecule has 1 amide bonds. The van der Waals surface area contributed by atoms with Crippen molar-refractivity contribution in [2.75, 3.05) is 28.7 Å². The summed E-state index contributed by atoms with van der Waals surface area (Å²) in [4.78, 5) is 13.5. The molecule has 0 radical (unpaired) electrons. The fraction of sp³-hybridized carbons (Fsp3) is 0.409. The maximum Gasteiger partial charge on any atom is 0.410 e. The number of carbonyl (C=O) groups excluding carboxylic acids is 1. The highest BCUT2D eigenvalue weighted by molar-refractivity contribution is 7.95. The first-order chi connectivity index (χ1) is 14.9. The van der Waals surface area contributed by atoms with Gasteiger partial charge in [-0.15, -0.1) is 0 Å². The van der Waals surface area contributed by atoms with Crippen LogP contribution in [0.4, 0.5) is 30.6 Å². The number of carbonyl (C=O) groups is 1. The highest BCUT2D eigenvalue weighted by Gasteiger charge is 2.43. The van der Waals surface area contributed by atoms with E-state index >= 15 is 0 Å². The van der Waals surface area contributed by atoms with Crippen molar-refractivity contribution in [1.82, 2.24) is 4.90 Å². The third-order valence-electron chi connectivity index (χ3n) is 4.83. The quantitative estimate of drug-likeness (QED) is 0.572. The molecule has 0 aromatic heterocycles. The van der Waals surface area contributed by atoms with Crippen molar-refractivity contribution in [3.05, 3.63) is 54.1 Å². The summed E-state index contributed by atoms with van der Waals surface area (Å²) in [6.45, 7) is 5.79. The molecule has 0 aliphatic carbocycles. The molecule has 32 heavy (non-hydrogen) atoms. The van der Waals surface area contributed by atoms with Crippen molar-refractivity contribution >= 4 is 33.4 Å². The lowest BCUT2D eigenvalue weighted by atomic mass is 10.2. The highest BCUT2D eigenvalue weighted by atomic mass is 32.2. The molecule has 0 saturated heterocycles. The lowest BCUT2D eigenvalue weighted by molar-refractivity contribution is 0.0296. The van der Waals surface area contributed by atoms with Crippen LogP contribution in [0.3, 0.4) is 0 Å². The zero-order chi connectivity index (χ0) is 23.7. The molecule has 7 nitrogen and oxygen atoms in total. The fourth-order valence-corrected chi connectivity index (χ4v) is 5.15. The van der Waals surface area contributed by atoms with E-state index in [1.165, 1.54) is 17.0 Å². The van der Waals surface area contributed by atoms with Crippen molar-refractivity contribution in [1.29, 1.82) is 0 Å². The van der Waals surface area contributed by atoms with Gasteiger partial charge >= 0.3 is 16.3 Å². The van der Waals surface area contributed by atoms with Gasteiger partial charge < -0.3 is 9.64 Å². The van der Waals surface area contributed by atoms with E-state index in [-0.39, 0.29) is 12.2 Å². The predicted octanol–water partition coefficient (Wildman–Crippen LogP) is 4.81. The molecule has 1 heterocycles. The zero-order valence-electron chi connectivity index (χ0n) is 18.5. The molecule has 3 rings (SSSR count). The van der Waals surface area contributed by atoms with Gasteiger partial charge in [0.1, 0.15) is 11.3 Å². The van der Waals surface area contributed by atoms with E-state index in [2.05, 4.69) is 0 Å². The molecule has 174 valence electrons. The molecule has 1 aliphatic rings. The van der Waals surface area contributed by atoms with Crippen LogP contribution in [0.5, 0.6) is 0 Å². The Morgan fingerprint density at radius 2 is 1.59 bits per heavy atom. The van der Waals surface area contributed by atoms with E-state index in [4.69, 9.17) is 4.74 Å². The Hall–Kier alpha value is -2.88. The van der Waals surface area contributed by atoms with Gasteiger partial charge in [-0.05, 0) is 57.9 Å². The average molecular weight is 468 g/mol. The van der Waals surface area contributed by atoms with Gasteiger partial charge in [-0.25, -0.2) is 17.9 Å². The number of unbranched alkanes of at least 4 members (excludes halogenated alkanes) is 1. The third-order valence-corrected chi connectivity index (χ3v) is 6.61. The number of halogens is 2. The number of para-hydroxylation sites is 3. The molecule has 2 aromatic rings. The van der Waals surface area contributed by atoms with E-state index in [9.17, 15) is 22.0 Å². The molecule has 1 aliphatic heterocycles. The lowest BCUT2D eigenvalue weighted by Gasteiger charge is -2.25. The van der Waals surface area contributed by atoms with Gasteiger partial charge in [0.25, 0.3) is 0 Å². The Labute approximate surface area is 187 Å². The number of rotatable bonds is 6. The summed E-state index contributed by atoms with van der Waals surface area (Å²) in [7, 11) is -2.63. The lowest BCUT2D eigenvalue weighted by Crippen LogP contribution is -2.37. The summed E-state index contributed by atoms with van der Waals surface area (Å²) in [5.74, 6) is -1.94. The van der Waals surface area contributed by atoms with Crippen molar-refractivity contribution in [3.8, 4) is 0 Å². The van der Waals surface area contributed by atoms with Gasteiger partial charge in [-0.3, -0.25) is 4.31 Å². The summed E-state index contributed by atoms with van der Waals surface area (Å²) in [5, 5.41) is 0. The summed E-state index contributed by atoms with van der Waals surface area (Å²) in [6, 6.07) is 9.60. The maximum absolute atomic E-state index is 14.4. The average Bonchev–Trinajstić information content (AvgIpc) is 2.90. The number of benzene rings is 2. The van der Waals surface area contributed by atoms with Crippen LogP contribution in [-0.2, 0) is 14.9 Å². The maximum atomic E-state index is 14.4. The van der Waals surface area contributed by atoms with E-state index in [0.717, 1.165) is 16.4 Å². The van der Waals surface area contributed by atoms with Crippen LogP contribution in [0.1, 0.15) is 33.6 Å². The van der Waals surface area contributed by atoms with Crippen LogP contribution in [-0.4, -0.2) is 45.1 Å². The van der Waals surface area contributed by atoms with Crippen molar-refractivity contribution in [3.63, 3.8) is 0 Å². The minimum atomic E-state index is -4.24. The number of fused-ring (bicyclic) bond motifs is 1. The Morgan fingerprint density at radius 1 is 1.00 bits per heavy atom. The summed E-state index contributed by atoms with van der Waals surface area (Å²) in [5.41, 5.74) is -0.713. The first kappa shape index (κ1) is 23.8. The van der Waals surface area contributed by atoms with Crippen LogP contribution in [0.25, 0.3) is 0 Å². The summed E-state index contributed by atoms with van der Waals surface area (Å²) >= 11 is 0. The standard InChI is InChI=1S/C22H27F2N3O4S/c1-22(2,3)31-21(28)25(4)14-7-8-15-26-18-12-5-6-13-19(18)27(32(26,29)30)20-16(23)10-9-11-17(20)24/h5-6,9-13H,7-8,14-15H2,1-4H3. The number of ether oxygens (including phenoxy) is 1. The highest BCUT2D eigenvalue weighted by Crippen LogP contribution is 2.46. The van der Waals surface area contributed by atoms with Crippen LogP contribution in [0, 0.1) is 11.6 Å². The molecule has 0 bridgehead atoms. The molecule has 10 heteroatoms. The number of amides is 1. The Balaban J connectivity index is 1.75. The minimum absolute atomic E-state index is 0.0913. The fourth-order valence-electron chi connectivity index (χ4n) is 3.38. The molecule has 2 aromatic carbocycles. The molecular weight excluding hydrogens is 440 g/mol. The van der Waals surface area contributed by atoms with Crippen LogP contribution < -0.4 is 8.61 Å². The van der Waals surface area contributed by atoms with Crippen LogP contribution >= 0.6 is 0 Å². The number of nitrogens with zero attached hydrogens (tertiary/aromatic N) is 3. The van der Waals surface area contributed by atoms with Crippen LogP contribution in [0.15, 0.2) is 42.5 Å². The van der Waals surface area contributed by atoms with E-state index < -0.39 is 39.2 Å². The third kappa shape index (κ3) is 4.79. The second kappa shape index (κ2) is 8.93. The zero-order valence-corrected chi connectivity index (χ0v) is 19.3. The second-order valence-electron chi connectivity index (χ2n) is 8.51. The molecule has 0 N–H and O–H groups in total. The van der Waals surface area contributed by atoms with Gasteiger partial charge in [-0.1, -0.05) is 18.2 Å². The van der Waals surface area contributed by atoms with Crippen molar-refractivity contribution in [2.45, 2.75) is 39.2 Å². The summed E-state index contributed by atoms with van der Waals surface area (Å²) < 4.78 is 62.6. The predicted molar refractivity (Wildman–Crippen MR) is 119 cm³/mol.